The highest BCUT2D eigenvalue weighted by atomic mass is 16.5. The van der Waals surface area contributed by atoms with Crippen molar-refractivity contribution < 1.29 is 9.53 Å². The summed E-state index contributed by atoms with van der Waals surface area (Å²) in [5.41, 5.74) is 8.58. The van der Waals surface area contributed by atoms with Crippen molar-refractivity contribution in [1.82, 2.24) is 0 Å². The minimum atomic E-state index is -0.271. The third-order valence-corrected chi connectivity index (χ3v) is 6.13. The van der Waals surface area contributed by atoms with Crippen molar-refractivity contribution in [3.05, 3.63) is 64.7 Å². The Kier molecular flexibility index (Phi) is 6.40. The predicted molar refractivity (Wildman–Crippen MR) is 127 cm³/mol. The lowest BCUT2D eigenvalue weighted by molar-refractivity contribution is 0.0526. The molecule has 0 unspecified atom stereocenters. The monoisotopic (exact) mass is 405 g/mol. The Morgan fingerprint density at radius 2 is 1.80 bits per heavy atom. The molecule has 0 fully saturated rings. The molecule has 30 heavy (non-hydrogen) atoms. The largest absolute Gasteiger partial charge is 0.462 e. The highest BCUT2D eigenvalue weighted by Crippen LogP contribution is 2.44. The lowest BCUT2D eigenvalue weighted by Crippen LogP contribution is -2.25. The van der Waals surface area contributed by atoms with Gasteiger partial charge in [0.25, 0.3) is 0 Å². The van der Waals surface area contributed by atoms with Gasteiger partial charge in [0.1, 0.15) is 0 Å². The molecule has 0 heterocycles. The second-order valence-electron chi connectivity index (χ2n) is 9.10. The number of esters is 1. The van der Waals surface area contributed by atoms with Gasteiger partial charge < -0.3 is 9.64 Å². The van der Waals surface area contributed by atoms with Crippen LogP contribution in [0.2, 0.25) is 0 Å². The molecule has 3 heteroatoms. The zero-order valence-electron chi connectivity index (χ0n) is 19.5. The van der Waals surface area contributed by atoms with Crippen LogP contribution < -0.4 is 4.90 Å². The maximum atomic E-state index is 12.0. The summed E-state index contributed by atoms with van der Waals surface area (Å²) < 4.78 is 5.11. The van der Waals surface area contributed by atoms with E-state index < -0.39 is 0 Å². The standard InChI is InChI=1S/C27H35NO2/c1-8-28(21-12-10-20(11-13-21)26(29)30-9-2)25-17-24-23(16-19(25)5)22(18(3)4)14-15-27(24,6)7/h10-14,16-18H,8-9,15H2,1-7H3. The van der Waals surface area contributed by atoms with Crippen LogP contribution >= 0.6 is 0 Å². The van der Waals surface area contributed by atoms with E-state index in [1.165, 1.54) is 28.0 Å². The number of hydrogen-bond acceptors (Lipinski definition) is 3. The quantitative estimate of drug-likeness (QED) is 0.482. The molecular weight excluding hydrogens is 370 g/mol. The molecule has 2 aromatic carbocycles. The number of nitrogens with zero attached hydrogens (tertiary/aromatic N) is 1. The molecule has 0 atom stereocenters. The van der Waals surface area contributed by atoms with Crippen molar-refractivity contribution in [1.29, 1.82) is 0 Å². The molecule has 0 bridgehead atoms. The van der Waals surface area contributed by atoms with E-state index >= 15 is 0 Å². The summed E-state index contributed by atoms with van der Waals surface area (Å²) in [4.78, 5) is 14.3. The number of carbonyl (C=O) groups excluding carboxylic acids is 1. The van der Waals surface area contributed by atoms with Crippen molar-refractivity contribution in [3.63, 3.8) is 0 Å². The third kappa shape index (κ3) is 4.16. The first kappa shape index (κ1) is 22.1. The van der Waals surface area contributed by atoms with E-state index in [0.717, 1.165) is 18.7 Å². The Labute approximate surface area is 181 Å². The van der Waals surface area contributed by atoms with Gasteiger partial charge in [0, 0.05) is 17.9 Å². The zero-order valence-corrected chi connectivity index (χ0v) is 19.5. The lowest BCUT2D eigenvalue weighted by Gasteiger charge is -2.36. The Morgan fingerprint density at radius 3 is 2.37 bits per heavy atom. The highest BCUT2D eigenvalue weighted by Gasteiger charge is 2.30. The van der Waals surface area contributed by atoms with Crippen LogP contribution in [0.3, 0.4) is 0 Å². The van der Waals surface area contributed by atoms with Gasteiger partial charge in [0.2, 0.25) is 0 Å². The summed E-state index contributed by atoms with van der Waals surface area (Å²) in [6.07, 6.45) is 3.49. The van der Waals surface area contributed by atoms with Crippen LogP contribution in [0.15, 0.2) is 42.5 Å². The molecule has 1 aliphatic carbocycles. The highest BCUT2D eigenvalue weighted by molar-refractivity contribution is 5.90. The smallest absolute Gasteiger partial charge is 0.338 e. The molecule has 0 amide bonds. The SMILES string of the molecule is CCOC(=O)c1ccc(N(CC)c2cc3c(cc2C)C(C(C)C)=CCC3(C)C)cc1. The molecule has 0 saturated heterocycles. The average Bonchev–Trinajstić information content (AvgIpc) is 2.69. The molecule has 0 aliphatic heterocycles. The molecule has 0 aromatic heterocycles. The number of anilines is 2. The second-order valence-corrected chi connectivity index (χ2v) is 9.10. The Bertz CT molecular complexity index is 952. The van der Waals surface area contributed by atoms with Crippen molar-refractivity contribution >= 4 is 22.9 Å². The first-order valence-electron chi connectivity index (χ1n) is 11.1. The normalized spacial score (nSPS) is 14.9. The first-order valence-corrected chi connectivity index (χ1v) is 11.1. The van der Waals surface area contributed by atoms with Crippen molar-refractivity contribution in [2.75, 3.05) is 18.1 Å². The van der Waals surface area contributed by atoms with Crippen LogP contribution in [-0.4, -0.2) is 19.1 Å². The van der Waals surface area contributed by atoms with Gasteiger partial charge in [-0.3, -0.25) is 0 Å². The van der Waals surface area contributed by atoms with Gasteiger partial charge in [0.05, 0.1) is 12.2 Å². The number of carbonyl (C=O) groups is 1. The van der Waals surface area contributed by atoms with Gasteiger partial charge in [-0.2, -0.15) is 0 Å². The predicted octanol–water partition coefficient (Wildman–Crippen LogP) is 7.05. The van der Waals surface area contributed by atoms with Gasteiger partial charge in [-0.05, 0) is 97.2 Å². The summed E-state index contributed by atoms with van der Waals surface area (Å²) >= 11 is 0. The number of aryl methyl sites for hydroxylation is 1. The minimum absolute atomic E-state index is 0.114. The molecule has 0 radical (unpaired) electrons. The zero-order chi connectivity index (χ0) is 22.1. The summed E-state index contributed by atoms with van der Waals surface area (Å²) in [5.74, 6) is 0.245. The van der Waals surface area contributed by atoms with Gasteiger partial charge in [-0.15, -0.1) is 0 Å². The Morgan fingerprint density at radius 1 is 1.13 bits per heavy atom. The number of allylic oxidation sites excluding steroid dienone is 2. The maximum absolute atomic E-state index is 12.0. The molecule has 160 valence electrons. The summed E-state index contributed by atoms with van der Waals surface area (Å²) in [6.45, 7) is 16.7. The molecular formula is C27H35NO2. The number of fused-ring (bicyclic) bond motifs is 1. The van der Waals surface area contributed by atoms with Gasteiger partial charge in [-0.1, -0.05) is 33.8 Å². The third-order valence-electron chi connectivity index (χ3n) is 6.13. The molecule has 0 saturated carbocycles. The fourth-order valence-electron chi connectivity index (χ4n) is 4.40. The van der Waals surface area contributed by atoms with Crippen LogP contribution in [0.1, 0.15) is 75.0 Å². The Balaban J connectivity index is 2.04. The molecule has 0 N–H and O–H groups in total. The van der Waals surface area contributed by atoms with E-state index in [1.54, 1.807) is 0 Å². The van der Waals surface area contributed by atoms with Crippen LogP contribution in [0.25, 0.3) is 5.57 Å². The maximum Gasteiger partial charge on any atom is 0.338 e. The van der Waals surface area contributed by atoms with E-state index in [1.807, 2.05) is 31.2 Å². The van der Waals surface area contributed by atoms with Crippen molar-refractivity contribution in [3.8, 4) is 0 Å². The summed E-state index contributed by atoms with van der Waals surface area (Å²) in [5, 5.41) is 0. The van der Waals surface area contributed by atoms with Crippen LogP contribution in [0, 0.1) is 12.8 Å². The Hall–Kier alpha value is -2.55. The van der Waals surface area contributed by atoms with Crippen LogP contribution in [-0.2, 0) is 10.2 Å². The fraction of sp³-hybridized carbons (Fsp3) is 0.444. The molecule has 2 aromatic rings. The van der Waals surface area contributed by atoms with Crippen molar-refractivity contribution in [2.45, 2.75) is 60.3 Å². The van der Waals surface area contributed by atoms with E-state index in [2.05, 4.69) is 64.7 Å². The average molecular weight is 406 g/mol. The number of hydrogen-bond donors (Lipinski definition) is 0. The van der Waals surface area contributed by atoms with E-state index in [9.17, 15) is 4.79 Å². The first-order chi connectivity index (χ1) is 14.2. The van der Waals surface area contributed by atoms with E-state index in [-0.39, 0.29) is 11.4 Å². The molecule has 3 rings (SSSR count). The number of benzene rings is 2. The molecule has 0 spiro atoms. The number of rotatable bonds is 6. The van der Waals surface area contributed by atoms with Crippen molar-refractivity contribution in [2.24, 2.45) is 5.92 Å². The summed E-state index contributed by atoms with van der Waals surface area (Å²) in [6, 6.07) is 12.5. The van der Waals surface area contributed by atoms with Gasteiger partial charge in [0.15, 0.2) is 0 Å². The van der Waals surface area contributed by atoms with Gasteiger partial charge >= 0.3 is 5.97 Å². The van der Waals surface area contributed by atoms with Crippen LogP contribution in [0.4, 0.5) is 11.4 Å². The lowest BCUT2D eigenvalue weighted by atomic mass is 9.71. The fourth-order valence-corrected chi connectivity index (χ4v) is 4.40. The van der Waals surface area contributed by atoms with Crippen LogP contribution in [0.5, 0.6) is 0 Å². The number of ether oxygens (including phenoxy) is 1. The van der Waals surface area contributed by atoms with E-state index in [4.69, 9.17) is 4.74 Å². The van der Waals surface area contributed by atoms with Gasteiger partial charge in [-0.25, -0.2) is 4.79 Å². The molecule has 1 aliphatic rings. The molecule has 3 nitrogen and oxygen atoms in total. The topological polar surface area (TPSA) is 29.5 Å². The second kappa shape index (κ2) is 8.67. The van der Waals surface area contributed by atoms with E-state index in [0.29, 0.717) is 18.1 Å². The summed E-state index contributed by atoms with van der Waals surface area (Å²) in [7, 11) is 0. The minimum Gasteiger partial charge on any atom is -0.462 e.